The van der Waals surface area contributed by atoms with Crippen molar-refractivity contribution in [3.8, 4) is 0 Å². The minimum Gasteiger partial charge on any atom is -0.464 e. The molecule has 0 saturated heterocycles. The Balaban J connectivity index is 1.50. The van der Waals surface area contributed by atoms with Crippen LogP contribution in [0.1, 0.15) is 40.7 Å². The number of ether oxygens (including phenoxy) is 1. The second kappa shape index (κ2) is 8.17. The number of esters is 1. The fraction of sp³-hybridized carbons (Fsp3) is 0.391. The Hall–Kier alpha value is -2.76. The summed E-state index contributed by atoms with van der Waals surface area (Å²) in [6.07, 6.45) is 4.70. The molecule has 1 unspecified atom stereocenters. The Morgan fingerprint density at radius 2 is 2.15 bits per heavy atom. The standard InChI is InChI=1S/C23H23FN6O2S2/c1-26-15-7-11(24)6-13-17-19(12-4-10-3-9(12)5-14(10)25)29-23(30-20(17)28-18(13)15)34-16-8-27-21(33-16)22(31)32-2/h6-10,12,14,26H,3-5,25H2,1-2H3,(H,28,29,30)/t9-,10-,12?,14-/m1/s1. The molecule has 2 aliphatic rings. The number of anilines is 1. The zero-order valence-electron chi connectivity index (χ0n) is 18.6. The predicted octanol–water partition coefficient (Wildman–Crippen LogP) is 4.53. The number of nitrogens with one attached hydrogen (secondary N) is 2. The number of nitrogens with zero attached hydrogens (tertiary/aromatic N) is 3. The fourth-order valence-corrected chi connectivity index (χ4v) is 7.38. The lowest BCUT2D eigenvalue weighted by Gasteiger charge is -2.25. The summed E-state index contributed by atoms with van der Waals surface area (Å²) in [6.45, 7) is 0. The van der Waals surface area contributed by atoms with E-state index in [1.54, 1.807) is 19.3 Å². The molecule has 2 fully saturated rings. The first-order chi connectivity index (χ1) is 16.4. The van der Waals surface area contributed by atoms with E-state index in [2.05, 4.69) is 15.3 Å². The van der Waals surface area contributed by atoms with Gasteiger partial charge in [-0.05, 0) is 55.0 Å². The van der Waals surface area contributed by atoms with E-state index in [-0.39, 0.29) is 22.8 Å². The highest BCUT2D eigenvalue weighted by Crippen LogP contribution is 2.54. The molecule has 4 aromatic rings. The molecule has 34 heavy (non-hydrogen) atoms. The highest BCUT2D eigenvalue weighted by molar-refractivity contribution is 8.01. The molecule has 2 saturated carbocycles. The van der Waals surface area contributed by atoms with Crippen LogP contribution in [0, 0.1) is 17.7 Å². The van der Waals surface area contributed by atoms with Crippen molar-refractivity contribution in [3.05, 3.63) is 34.8 Å². The third kappa shape index (κ3) is 3.45. The summed E-state index contributed by atoms with van der Waals surface area (Å²) < 4.78 is 20.1. The zero-order valence-corrected chi connectivity index (χ0v) is 20.2. The van der Waals surface area contributed by atoms with Crippen LogP contribution in [0.4, 0.5) is 10.1 Å². The number of rotatable bonds is 5. The Labute approximate surface area is 202 Å². The number of hydrogen-bond acceptors (Lipinski definition) is 9. The van der Waals surface area contributed by atoms with E-state index >= 15 is 0 Å². The van der Waals surface area contributed by atoms with E-state index in [4.69, 9.17) is 20.4 Å². The van der Waals surface area contributed by atoms with Crippen molar-refractivity contribution < 1.29 is 13.9 Å². The lowest BCUT2D eigenvalue weighted by Crippen LogP contribution is -2.29. The SMILES string of the molecule is CNc1cc(F)cc2c1[nH]c1nc(Sc3cnc(C(=O)OC)s3)nc(C3C[C@H]4C[C@@H]3C[C@H]4N)c12. The van der Waals surface area contributed by atoms with Gasteiger partial charge in [0.05, 0.1) is 34.4 Å². The Kier molecular flexibility index (Phi) is 5.23. The molecule has 8 nitrogen and oxygen atoms in total. The Bertz CT molecular complexity index is 1430. The summed E-state index contributed by atoms with van der Waals surface area (Å²) in [5.41, 5.74) is 9.43. The normalized spacial score (nSPS) is 23.8. The van der Waals surface area contributed by atoms with E-state index in [0.29, 0.717) is 28.3 Å². The Morgan fingerprint density at radius 3 is 2.85 bits per heavy atom. The fourth-order valence-electron chi connectivity index (χ4n) is 5.61. The van der Waals surface area contributed by atoms with E-state index in [1.807, 2.05) is 0 Å². The quantitative estimate of drug-likeness (QED) is 0.271. The summed E-state index contributed by atoms with van der Waals surface area (Å²) >= 11 is 2.60. The summed E-state index contributed by atoms with van der Waals surface area (Å²) in [4.78, 5) is 29.1. The van der Waals surface area contributed by atoms with Gasteiger partial charge in [-0.15, -0.1) is 11.3 Å². The molecule has 4 N–H and O–H groups in total. The average molecular weight is 499 g/mol. The van der Waals surface area contributed by atoms with Gasteiger partial charge in [0.25, 0.3) is 0 Å². The zero-order chi connectivity index (χ0) is 23.6. The molecular weight excluding hydrogens is 475 g/mol. The predicted molar refractivity (Wildman–Crippen MR) is 130 cm³/mol. The highest BCUT2D eigenvalue weighted by Gasteiger charge is 2.46. The van der Waals surface area contributed by atoms with Gasteiger partial charge in [-0.2, -0.15) is 0 Å². The van der Waals surface area contributed by atoms with Gasteiger partial charge in [0.2, 0.25) is 5.01 Å². The topological polar surface area (TPSA) is 119 Å². The van der Waals surface area contributed by atoms with Crippen molar-refractivity contribution in [1.29, 1.82) is 0 Å². The van der Waals surface area contributed by atoms with Crippen LogP contribution in [0.3, 0.4) is 0 Å². The maximum absolute atomic E-state index is 14.5. The average Bonchev–Trinajstić information content (AvgIpc) is 3.60. The van der Waals surface area contributed by atoms with Gasteiger partial charge in [-0.1, -0.05) is 0 Å². The van der Waals surface area contributed by atoms with Crippen LogP contribution in [0.25, 0.3) is 21.9 Å². The first-order valence-electron chi connectivity index (χ1n) is 11.1. The largest absolute Gasteiger partial charge is 0.464 e. The molecule has 3 heterocycles. The minimum absolute atomic E-state index is 0.248. The number of halogens is 1. The van der Waals surface area contributed by atoms with E-state index in [9.17, 15) is 9.18 Å². The molecule has 0 spiro atoms. The molecule has 11 heteroatoms. The van der Waals surface area contributed by atoms with Gasteiger partial charge >= 0.3 is 5.97 Å². The number of hydrogen-bond donors (Lipinski definition) is 3. The smallest absolute Gasteiger partial charge is 0.367 e. The molecule has 0 aliphatic heterocycles. The van der Waals surface area contributed by atoms with E-state index < -0.39 is 5.97 Å². The molecule has 6 rings (SSSR count). The lowest BCUT2D eigenvalue weighted by molar-refractivity contribution is 0.0600. The van der Waals surface area contributed by atoms with Gasteiger partial charge in [-0.3, -0.25) is 0 Å². The van der Waals surface area contributed by atoms with Gasteiger partial charge in [0.15, 0.2) is 5.16 Å². The van der Waals surface area contributed by atoms with E-state index in [0.717, 1.165) is 45.5 Å². The number of carbonyl (C=O) groups is 1. The minimum atomic E-state index is -0.468. The molecule has 1 aromatic carbocycles. The molecule has 0 amide bonds. The maximum Gasteiger partial charge on any atom is 0.367 e. The van der Waals surface area contributed by atoms with Crippen LogP contribution in [-0.2, 0) is 4.74 Å². The summed E-state index contributed by atoms with van der Waals surface area (Å²) in [5.74, 6) is 0.436. The van der Waals surface area contributed by atoms with E-state index in [1.165, 1.54) is 36.3 Å². The molecule has 4 atom stereocenters. The molecule has 2 bridgehead atoms. The number of H-pyrrole nitrogens is 1. The first kappa shape index (κ1) is 21.8. The third-order valence-electron chi connectivity index (χ3n) is 7.10. The second-order valence-electron chi connectivity index (χ2n) is 8.94. The molecular formula is C23H23FN6O2S2. The van der Waals surface area contributed by atoms with Crippen LogP contribution in [-0.4, -0.2) is 46.1 Å². The summed E-state index contributed by atoms with van der Waals surface area (Å²) in [6, 6.07) is 3.28. The van der Waals surface area contributed by atoms with Crippen LogP contribution < -0.4 is 11.1 Å². The van der Waals surface area contributed by atoms with Crippen molar-refractivity contribution in [3.63, 3.8) is 0 Å². The van der Waals surface area contributed by atoms with Crippen molar-refractivity contribution in [2.45, 2.75) is 40.6 Å². The van der Waals surface area contributed by atoms with Gasteiger partial charge < -0.3 is 20.8 Å². The summed E-state index contributed by atoms with van der Waals surface area (Å²) in [7, 11) is 3.10. The number of benzene rings is 1. The maximum atomic E-state index is 14.5. The Morgan fingerprint density at radius 1 is 1.29 bits per heavy atom. The monoisotopic (exact) mass is 498 g/mol. The molecule has 3 aromatic heterocycles. The number of fused-ring (bicyclic) bond motifs is 5. The van der Waals surface area contributed by atoms with Gasteiger partial charge in [0, 0.05) is 29.8 Å². The van der Waals surface area contributed by atoms with Crippen molar-refractivity contribution >= 4 is 56.7 Å². The van der Waals surface area contributed by atoms with Crippen LogP contribution >= 0.6 is 23.1 Å². The number of aromatic amines is 1. The van der Waals surface area contributed by atoms with Crippen LogP contribution in [0.2, 0.25) is 0 Å². The lowest BCUT2D eigenvalue weighted by atomic mass is 9.83. The van der Waals surface area contributed by atoms with Crippen molar-refractivity contribution in [1.82, 2.24) is 19.9 Å². The van der Waals surface area contributed by atoms with Crippen LogP contribution in [0.5, 0.6) is 0 Å². The molecule has 0 radical (unpaired) electrons. The van der Waals surface area contributed by atoms with Crippen molar-refractivity contribution in [2.75, 3.05) is 19.5 Å². The number of thiazole rings is 1. The number of nitrogens with two attached hydrogens (primary N) is 1. The number of methoxy groups -OCH3 is 1. The van der Waals surface area contributed by atoms with Gasteiger partial charge in [-0.25, -0.2) is 24.1 Å². The molecule has 176 valence electrons. The second-order valence-corrected chi connectivity index (χ2v) is 11.2. The molecule has 2 aliphatic carbocycles. The first-order valence-corrected chi connectivity index (χ1v) is 12.8. The van der Waals surface area contributed by atoms with Gasteiger partial charge in [0.1, 0.15) is 11.5 Å². The van der Waals surface area contributed by atoms with Crippen molar-refractivity contribution in [2.24, 2.45) is 17.6 Å². The van der Waals surface area contributed by atoms with Crippen LogP contribution in [0.15, 0.2) is 27.7 Å². The highest BCUT2D eigenvalue weighted by atomic mass is 32.2. The number of aromatic nitrogens is 4. The third-order valence-corrected chi connectivity index (χ3v) is 9.04. The number of carbonyl (C=O) groups excluding carboxylic acids is 1. The summed E-state index contributed by atoms with van der Waals surface area (Å²) in [5, 5.41) is 5.58.